The van der Waals surface area contributed by atoms with E-state index < -0.39 is 10.8 Å². The quantitative estimate of drug-likeness (QED) is 0.859. The zero-order valence-electron chi connectivity index (χ0n) is 10.6. The summed E-state index contributed by atoms with van der Waals surface area (Å²) < 4.78 is 14.1. The van der Waals surface area contributed by atoms with Crippen LogP contribution in [0.3, 0.4) is 0 Å². The van der Waals surface area contributed by atoms with Crippen molar-refractivity contribution in [3.05, 3.63) is 41.7 Å². The van der Waals surface area contributed by atoms with Crippen LogP contribution in [0.4, 0.5) is 5.69 Å². The molecule has 18 heavy (non-hydrogen) atoms. The number of nitrogens with two attached hydrogens (primary N) is 1. The summed E-state index contributed by atoms with van der Waals surface area (Å²) in [5.41, 5.74) is 8.48. The Kier molecular flexibility index (Phi) is 3.81. The van der Waals surface area contributed by atoms with Gasteiger partial charge in [-0.1, -0.05) is 6.07 Å². The van der Waals surface area contributed by atoms with Gasteiger partial charge in [-0.15, -0.1) is 0 Å². The molecule has 0 bridgehead atoms. The summed E-state index contributed by atoms with van der Waals surface area (Å²) in [7, 11) is -1.12. The number of aromatic nitrogens is 2. The van der Waals surface area contributed by atoms with Crippen LogP contribution < -0.4 is 5.73 Å². The average molecular weight is 263 g/mol. The standard InChI is InChI=1S/C13H17N3OS/c1-3-16-8-11(7-15-16)9-18(17)13-6-10(2)4-5-12(13)14/h4-8H,3,9,14H2,1-2H3. The SMILES string of the molecule is CCn1cc(CS(=O)c2cc(C)ccc2N)cn1. The summed E-state index contributed by atoms with van der Waals surface area (Å²) in [5, 5.41) is 4.17. The Morgan fingerprint density at radius 1 is 1.44 bits per heavy atom. The van der Waals surface area contributed by atoms with Crippen LogP contribution in [-0.4, -0.2) is 14.0 Å². The van der Waals surface area contributed by atoms with E-state index in [9.17, 15) is 4.21 Å². The van der Waals surface area contributed by atoms with Crippen molar-refractivity contribution in [3.8, 4) is 0 Å². The molecule has 0 spiro atoms. The lowest BCUT2D eigenvalue weighted by molar-refractivity contribution is 0.659. The van der Waals surface area contributed by atoms with Crippen LogP contribution in [0.1, 0.15) is 18.1 Å². The number of aryl methyl sites for hydroxylation is 2. The van der Waals surface area contributed by atoms with Gasteiger partial charge in [0.25, 0.3) is 0 Å². The fraction of sp³-hybridized carbons (Fsp3) is 0.308. The number of hydrogen-bond acceptors (Lipinski definition) is 3. The minimum Gasteiger partial charge on any atom is -0.398 e. The van der Waals surface area contributed by atoms with Crippen molar-refractivity contribution < 1.29 is 4.21 Å². The van der Waals surface area contributed by atoms with Crippen LogP contribution in [0, 0.1) is 6.92 Å². The number of hydrogen-bond donors (Lipinski definition) is 1. The van der Waals surface area contributed by atoms with E-state index >= 15 is 0 Å². The predicted octanol–water partition coefficient (Wildman–Crippen LogP) is 2.10. The molecule has 0 aliphatic rings. The van der Waals surface area contributed by atoms with Gasteiger partial charge in [-0.3, -0.25) is 8.89 Å². The molecule has 5 heteroatoms. The molecule has 0 fully saturated rings. The summed E-state index contributed by atoms with van der Waals surface area (Å²) >= 11 is 0. The van der Waals surface area contributed by atoms with E-state index in [1.807, 2.05) is 36.9 Å². The third-order valence-corrected chi connectivity index (χ3v) is 4.16. The highest BCUT2D eigenvalue weighted by molar-refractivity contribution is 7.84. The van der Waals surface area contributed by atoms with Gasteiger partial charge in [0.2, 0.25) is 0 Å². The molecule has 1 unspecified atom stereocenters. The molecule has 1 atom stereocenters. The van der Waals surface area contributed by atoms with Crippen molar-refractivity contribution in [3.63, 3.8) is 0 Å². The van der Waals surface area contributed by atoms with E-state index in [1.165, 1.54) is 0 Å². The van der Waals surface area contributed by atoms with Crippen molar-refractivity contribution in [2.75, 3.05) is 5.73 Å². The molecule has 0 aliphatic heterocycles. The summed E-state index contributed by atoms with van der Waals surface area (Å²) in [6, 6.07) is 5.61. The Morgan fingerprint density at radius 3 is 2.89 bits per heavy atom. The maximum Gasteiger partial charge on any atom is 0.0623 e. The summed E-state index contributed by atoms with van der Waals surface area (Å²) in [4.78, 5) is 0.708. The van der Waals surface area contributed by atoms with Gasteiger partial charge in [-0.25, -0.2) is 0 Å². The maximum atomic E-state index is 12.3. The number of benzene rings is 1. The first-order valence-electron chi connectivity index (χ1n) is 5.86. The first-order valence-corrected chi connectivity index (χ1v) is 7.18. The van der Waals surface area contributed by atoms with Crippen LogP contribution in [0.15, 0.2) is 35.5 Å². The van der Waals surface area contributed by atoms with Gasteiger partial charge in [0.05, 0.1) is 27.6 Å². The molecule has 0 radical (unpaired) electrons. The Labute approximate surface area is 109 Å². The predicted molar refractivity (Wildman–Crippen MR) is 73.6 cm³/mol. The van der Waals surface area contributed by atoms with Gasteiger partial charge in [-0.05, 0) is 31.5 Å². The Hall–Kier alpha value is -1.62. The monoisotopic (exact) mass is 263 g/mol. The second-order valence-electron chi connectivity index (χ2n) is 4.24. The number of rotatable bonds is 4. The molecule has 0 aliphatic carbocycles. The van der Waals surface area contributed by atoms with E-state index in [4.69, 9.17) is 5.73 Å². The van der Waals surface area contributed by atoms with E-state index in [0.29, 0.717) is 16.3 Å². The maximum absolute atomic E-state index is 12.3. The Balaban J connectivity index is 2.19. The van der Waals surface area contributed by atoms with Crippen molar-refractivity contribution in [1.29, 1.82) is 0 Å². The number of nitrogen functional groups attached to an aromatic ring is 1. The summed E-state index contributed by atoms with van der Waals surface area (Å²) in [5.74, 6) is 0.452. The van der Waals surface area contributed by atoms with Crippen molar-refractivity contribution in [2.24, 2.45) is 0 Å². The van der Waals surface area contributed by atoms with E-state index in [2.05, 4.69) is 5.10 Å². The molecule has 1 aromatic heterocycles. The van der Waals surface area contributed by atoms with Crippen LogP contribution in [0.2, 0.25) is 0 Å². The molecule has 4 nitrogen and oxygen atoms in total. The molecule has 96 valence electrons. The molecule has 1 heterocycles. The fourth-order valence-corrected chi connectivity index (χ4v) is 2.98. The first-order chi connectivity index (χ1) is 8.60. The molecule has 2 aromatic rings. The third kappa shape index (κ3) is 2.79. The molecule has 2 N–H and O–H groups in total. The average Bonchev–Trinajstić information content (AvgIpc) is 2.80. The zero-order chi connectivity index (χ0) is 13.1. The van der Waals surface area contributed by atoms with Crippen LogP contribution >= 0.6 is 0 Å². The molecule has 2 rings (SSSR count). The highest BCUT2D eigenvalue weighted by Crippen LogP contribution is 2.20. The summed E-state index contributed by atoms with van der Waals surface area (Å²) in [6.07, 6.45) is 3.68. The molecular formula is C13H17N3OS. The highest BCUT2D eigenvalue weighted by atomic mass is 32.2. The second-order valence-corrected chi connectivity index (χ2v) is 5.65. The van der Waals surface area contributed by atoms with Crippen molar-refractivity contribution in [1.82, 2.24) is 9.78 Å². The minimum absolute atomic E-state index is 0.452. The van der Waals surface area contributed by atoms with Gasteiger partial charge in [-0.2, -0.15) is 5.10 Å². The fourth-order valence-electron chi connectivity index (χ4n) is 1.72. The molecular weight excluding hydrogens is 246 g/mol. The normalized spacial score (nSPS) is 12.6. The van der Waals surface area contributed by atoms with Crippen LogP contribution in [0.5, 0.6) is 0 Å². The van der Waals surface area contributed by atoms with Gasteiger partial charge in [0.1, 0.15) is 0 Å². The lowest BCUT2D eigenvalue weighted by Crippen LogP contribution is -2.01. The molecule has 1 aromatic carbocycles. The number of anilines is 1. The van der Waals surface area contributed by atoms with Crippen LogP contribution in [-0.2, 0) is 23.1 Å². The lowest BCUT2D eigenvalue weighted by atomic mass is 10.2. The Bertz CT molecular complexity index is 577. The smallest absolute Gasteiger partial charge is 0.0623 e. The largest absolute Gasteiger partial charge is 0.398 e. The third-order valence-electron chi connectivity index (χ3n) is 2.72. The van der Waals surface area contributed by atoms with E-state index in [1.54, 1.807) is 12.3 Å². The zero-order valence-corrected chi connectivity index (χ0v) is 11.4. The van der Waals surface area contributed by atoms with Crippen molar-refractivity contribution >= 4 is 16.5 Å². The first kappa shape index (κ1) is 12.8. The Morgan fingerprint density at radius 2 is 2.22 bits per heavy atom. The van der Waals surface area contributed by atoms with E-state index in [0.717, 1.165) is 17.7 Å². The lowest BCUT2D eigenvalue weighted by Gasteiger charge is -2.05. The molecule has 0 amide bonds. The highest BCUT2D eigenvalue weighted by Gasteiger charge is 2.10. The van der Waals surface area contributed by atoms with E-state index in [-0.39, 0.29) is 0 Å². The van der Waals surface area contributed by atoms with Crippen molar-refractivity contribution in [2.45, 2.75) is 31.0 Å². The topological polar surface area (TPSA) is 60.9 Å². The van der Waals surface area contributed by atoms with Gasteiger partial charge in [0.15, 0.2) is 0 Å². The second kappa shape index (κ2) is 5.35. The summed E-state index contributed by atoms with van der Waals surface area (Å²) in [6.45, 7) is 4.81. The molecule has 0 saturated carbocycles. The van der Waals surface area contributed by atoms with Gasteiger partial charge in [0, 0.05) is 24.0 Å². The minimum atomic E-state index is -1.12. The van der Waals surface area contributed by atoms with Gasteiger partial charge >= 0.3 is 0 Å². The van der Waals surface area contributed by atoms with Crippen LogP contribution in [0.25, 0.3) is 0 Å². The molecule has 0 saturated heterocycles. The van der Waals surface area contributed by atoms with Gasteiger partial charge < -0.3 is 5.73 Å². The number of nitrogens with zero attached hydrogens (tertiary/aromatic N) is 2.